The lowest BCUT2D eigenvalue weighted by molar-refractivity contribution is 0.347. The van der Waals surface area contributed by atoms with Crippen LogP contribution in [0, 0.1) is 0 Å². The van der Waals surface area contributed by atoms with Crippen molar-refractivity contribution in [3.05, 3.63) is 35.8 Å². The third-order valence-electron chi connectivity index (χ3n) is 1.98. The molecule has 0 saturated heterocycles. The van der Waals surface area contributed by atoms with Crippen molar-refractivity contribution in [2.45, 2.75) is 27.3 Å². The molecule has 0 fully saturated rings. The fraction of sp³-hybridized carbons (Fsp3) is 0.385. The maximum absolute atomic E-state index is 5.56. The van der Waals surface area contributed by atoms with Gasteiger partial charge in [-0.1, -0.05) is 36.4 Å². The molecule has 0 aliphatic rings. The average molecular weight is 302 g/mol. The van der Waals surface area contributed by atoms with Crippen LogP contribution in [0.3, 0.4) is 0 Å². The number of halogens is 1. The molecule has 1 heterocycles. The highest BCUT2D eigenvalue weighted by molar-refractivity contribution is 9.15. The van der Waals surface area contributed by atoms with Gasteiger partial charge in [-0.25, -0.2) is 0 Å². The smallest absolute Gasteiger partial charge is 0.176 e. The van der Waals surface area contributed by atoms with E-state index in [2.05, 4.69) is 22.5 Å². The number of nitrogens with two attached hydrogens (primary N) is 1. The van der Waals surface area contributed by atoms with Crippen molar-refractivity contribution < 1.29 is 9.15 Å². The van der Waals surface area contributed by atoms with E-state index in [1.807, 2.05) is 32.9 Å². The first-order chi connectivity index (χ1) is 8.13. The van der Waals surface area contributed by atoms with Crippen molar-refractivity contribution in [1.82, 2.24) is 0 Å². The van der Waals surface area contributed by atoms with E-state index in [0.717, 1.165) is 10.0 Å². The molecule has 0 atom stereocenters. The molecular weight excluding hydrogens is 282 g/mol. The summed E-state index contributed by atoms with van der Waals surface area (Å²) in [5, 5.41) is 0. The van der Waals surface area contributed by atoms with Crippen LogP contribution in [0.5, 0.6) is 0 Å². The first kappa shape index (κ1) is 16.0. The fourth-order valence-electron chi connectivity index (χ4n) is 1.27. The highest BCUT2D eigenvalue weighted by Gasteiger charge is 2.15. The molecule has 1 aromatic heterocycles. The first-order valence-electron chi connectivity index (χ1n) is 5.52. The van der Waals surface area contributed by atoms with Crippen molar-refractivity contribution in [1.29, 1.82) is 0 Å². The molecule has 96 valence electrons. The lowest BCUT2D eigenvalue weighted by Crippen LogP contribution is -1.92. The van der Waals surface area contributed by atoms with Gasteiger partial charge in [0.15, 0.2) is 11.5 Å². The fourth-order valence-corrected chi connectivity index (χ4v) is 1.56. The quantitative estimate of drug-likeness (QED) is 0.850. The van der Waals surface area contributed by atoms with E-state index in [0.29, 0.717) is 23.8 Å². The van der Waals surface area contributed by atoms with E-state index < -0.39 is 0 Å². The Morgan fingerprint density at radius 1 is 1.59 bits per heavy atom. The molecule has 0 aliphatic heterocycles. The number of hydrogen-bond acceptors (Lipinski definition) is 3. The highest BCUT2D eigenvalue weighted by Crippen LogP contribution is 2.31. The van der Waals surface area contributed by atoms with Gasteiger partial charge in [0, 0.05) is 10.0 Å². The molecule has 0 spiro atoms. The predicted molar refractivity (Wildman–Crippen MR) is 76.6 cm³/mol. The van der Waals surface area contributed by atoms with E-state index in [4.69, 9.17) is 14.9 Å². The van der Waals surface area contributed by atoms with Gasteiger partial charge in [-0.05, 0) is 19.1 Å². The Kier molecular flexibility index (Phi) is 7.66. The molecule has 0 amide bonds. The monoisotopic (exact) mass is 301 g/mol. The van der Waals surface area contributed by atoms with Gasteiger partial charge in [0.25, 0.3) is 0 Å². The van der Waals surface area contributed by atoms with Crippen molar-refractivity contribution in [2.24, 2.45) is 5.73 Å². The third-order valence-corrected chi connectivity index (χ3v) is 2.41. The van der Waals surface area contributed by atoms with Crippen LogP contribution in [0.25, 0.3) is 10.2 Å². The molecule has 0 unspecified atom stereocenters. The number of hydrogen-bond donors (Lipinski definition) is 1. The topological polar surface area (TPSA) is 48.4 Å². The predicted octanol–water partition coefficient (Wildman–Crippen LogP) is 4.14. The molecular formula is C13H20BrNO2. The molecule has 0 radical (unpaired) electrons. The molecule has 2 N–H and O–H groups in total. The SMILES string of the molecule is C=C(Br)c1cc(CN)oc1/C(=C\C)OC.CC. The summed E-state index contributed by atoms with van der Waals surface area (Å²) in [6.45, 7) is 10.1. The van der Waals surface area contributed by atoms with Crippen LogP contribution in [-0.4, -0.2) is 7.11 Å². The number of methoxy groups -OCH3 is 1. The van der Waals surface area contributed by atoms with Gasteiger partial charge < -0.3 is 14.9 Å². The Bertz CT molecular complexity index is 394. The van der Waals surface area contributed by atoms with E-state index >= 15 is 0 Å². The Balaban J connectivity index is 0.00000121. The Hall–Kier alpha value is -1.00. The van der Waals surface area contributed by atoms with Crippen molar-refractivity contribution >= 4 is 26.2 Å². The van der Waals surface area contributed by atoms with Crippen LogP contribution in [0.1, 0.15) is 37.9 Å². The van der Waals surface area contributed by atoms with E-state index in [9.17, 15) is 0 Å². The Morgan fingerprint density at radius 2 is 2.18 bits per heavy atom. The number of allylic oxidation sites excluding steroid dienone is 1. The van der Waals surface area contributed by atoms with Gasteiger partial charge in [0.2, 0.25) is 0 Å². The van der Waals surface area contributed by atoms with Crippen LogP contribution in [0.2, 0.25) is 0 Å². The maximum Gasteiger partial charge on any atom is 0.176 e. The average Bonchev–Trinajstić information content (AvgIpc) is 2.78. The zero-order chi connectivity index (χ0) is 13.4. The number of furan rings is 1. The molecule has 4 heteroatoms. The summed E-state index contributed by atoms with van der Waals surface area (Å²) in [5.74, 6) is 2.03. The summed E-state index contributed by atoms with van der Waals surface area (Å²) in [7, 11) is 1.60. The summed E-state index contributed by atoms with van der Waals surface area (Å²) < 4.78 is 11.5. The van der Waals surface area contributed by atoms with Gasteiger partial charge >= 0.3 is 0 Å². The Labute approximate surface area is 111 Å². The van der Waals surface area contributed by atoms with Gasteiger partial charge in [0.05, 0.1) is 13.7 Å². The second kappa shape index (κ2) is 8.14. The van der Waals surface area contributed by atoms with E-state index in [1.165, 1.54) is 0 Å². The molecule has 1 aromatic rings. The zero-order valence-corrected chi connectivity index (χ0v) is 12.4. The van der Waals surface area contributed by atoms with Crippen LogP contribution < -0.4 is 5.73 Å². The maximum atomic E-state index is 5.56. The third kappa shape index (κ3) is 4.06. The van der Waals surface area contributed by atoms with E-state index in [1.54, 1.807) is 7.11 Å². The minimum absolute atomic E-state index is 0.355. The molecule has 0 aliphatic carbocycles. The van der Waals surface area contributed by atoms with Gasteiger partial charge in [0.1, 0.15) is 5.76 Å². The van der Waals surface area contributed by atoms with Crippen LogP contribution in [0.15, 0.2) is 23.1 Å². The largest absolute Gasteiger partial charge is 0.493 e. The molecule has 0 bridgehead atoms. The molecule has 0 saturated carbocycles. The summed E-state index contributed by atoms with van der Waals surface area (Å²) in [6, 6.07) is 1.86. The summed E-state index contributed by atoms with van der Waals surface area (Å²) in [6.07, 6.45) is 1.83. The van der Waals surface area contributed by atoms with Crippen LogP contribution in [0.4, 0.5) is 0 Å². The van der Waals surface area contributed by atoms with Gasteiger partial charge in [-0.2, -0.15) is 0 Å². The summed E-state index contributed by atoms with van der Waals surface area (Å²) in [4.78, 5) is 0. The molecule has 1 rings (SSSR count). The number of ether oxygens (including phenoxy) is 1. The summed E-state index contributed by atoms with van der Waals surface area (Å²) in [5.41, 5.74) is 6.38. The second-order valence-corrected chi connectivity index (χ2v) is 3.88. The van der Waals surface area contributed by atoms with Gasteiger partial charge in [-0.15, -0.1) is 0 Å². The minimum Gasteiger partial charge on any atom is -0.493 e. The van der Waals surface area contributed by atoms with Crippen LogP contribution in [-0.2, 0) is 11.3 Å². The molecule has 3 nitrogen and oxygen atoms in total. The van der Waals surface area contributed by atoms with Crippen molar-refractivity contribution in [2.75, 3.05) is 7.11 Å². The van der Waals surface area contributed by atoms with Crippen molar-refractivity contribution in [3.63, 3.8) is 0 Å². The first-order valence-corrected chi connectivity index (χ1v) is 6.31. The zero-order valence-electron chi connectivity index (χ0n) is 10.8. The highest BCUT2D eigenvalue weighted by atomic mass is 79.9. The molecule has 17 heavy (non-hydrogen) atoms. The van der Waals surface area contributed by atoms with Crippen molar-refractivity contribution in [3.8, 4) is 0 Å². The van der Waals surface area contributed by atoms with Crippen LogP contribution >= 0.6 is 15.9 Å². The lowest BCUT2D eigenvalue weighted by Gasteiger charge is -2.04. The normalized spacial score (nSPS) is 10.6. The number of rotatable bonds is 4. The minimum atomic E-state index is 0.355. The Morgan fingerprint density at radius 3 is 2.53 bits per heavy atom. The standard InChI is InChI=1S/C11H14BrNO2.C2H6/c1-4-10(14-3)11-9(7(2)12)5-8(6-13)15-11;1-2/h4-5H,2,6,13H2,1,3H3;1-2H3/b10-4+;. The lowest BCUT2D eigenvalue weighted by atomic mass is 10.2. The van der Waals surface area contributed by atoms with Gasteiger partial charge in [-0.3, -0.25) is 0 Å². The van der Waals surface area contributed by atoms with E-state index in [-0.39, 0.29) is 0 Å². The second-order valence-electron chi connectivity index (χ2n) is 2.92. The molecule has 0 aromatic carbocycles. The summed E-state index contributed by atoms with van der Waals surface area (Å²) >= 11 is 3.32.